The maximum Gasteiger partial charge on any atom is 0.137 e. The molecule has 4 nitrogen and oxygen atoms in total. The Labute approximate surface area is 121 Å². The summed E-state index contributed by atoms with van der Waals surface area (Å²) in [4.78, 5) is 4.39. The highest BCUT2D eigenvalue weighted by atomic mass is 16.5. The number of hydrogen-bond acceptors (Lipinski definition) is 4. The van der Waals surface area contributed by atoms with Crippen LogP contribution in [0.3, 0.4) is 0 Å². The van der Waals surface area contributed by atoms with Crippen molar-refractivity contribution in [3.05, 3.63) is 24.0 Å². The molecule has 1 saturated heterocycles. The summed E-state index contributed by atoms with van der Waals surface area (Å²) in [5, 5.41) is 3.35. The van der Waals surface area contributed by atoms with Crippen molar-refractivity contribution < 1.29 is 9.47 Å². The summed E-state index contributed by atoms with van der Waals surface area (Å²) in [6.45, 7) is 6.74. The number of rotatable bonds is 8. The Morgan fingerprint density at radius 1 is 1.45 bits per heavy atom. The number of hydrogen-bond donors (Lipinski definition) is 1. The van der Waals surface area contributed by atoms with E-state index in [0.29, 0.717) is 12.1 Å². The second-order valence-electron chi connectivity index (χ2n) is 5.65. The van der Waals surface area contributed by atoms with Crippen molar-refractivity contribution in [2.75, 3.05) is 13.2 Å². The van der Waals surface area contributed by atoms with Gasteiger partial charge in [0.2, 0.25) is 0 Å². The van der Waals surface area contributed by atoms with Gasteiger partial charge in [-0.25, -0.2) is 0 Å². The van der Waals surface area contributed by atoms with Crippen molar-refractivity contribution >= 4 is 0 Å². The highest BCUT2D eigenvalue weighted by Crippen LogP contribution is 2.17. The van der Waals surface area contributed by atoms with E-state index in [0.717, 1.165) is 44.0 Å². The van der Waals surface area contributed by atoms with Crippen LogP contribution in [0.5, 0.6) is 5.75 Å². The molecule has 0 aromatic carbocycles. The van der Waals surface area contributed by atoms with Gasteiger partial charge < -0.3 is 14.8 Å². The SMILES string of the molecule is CC(C)NCc1ccc(OCCCC2CCCO2)cn1. The molecule has 0 amide bonds. The van der Waals surface area contributed by atoms with Gasteiger partial charge in [-0.05, 0) is 37.8 Å². The molecule has 0 radical (unpaired) electrons. The molecule has 1 fully saturated rings. The fraction of sp³-hybridized carbons (Fsp3) is 0.688. The van der Waals surface area contributed by atoms with Crippen LogP contribution in [-0.2, 0) is 11.3 Å². The lowest BCUT2D eigenvalue weighted by atomic mass is 10.1. The van der Waals surface area contributed by atoms with Gasteiger partial charge in [0.15, 0.2) is 0 Å². The zero-order valence-corrected chi connectivity index (χ0v) is 12.6. The first kappa shape index (κ1) is 15.3. The molecule has 0 saturated carbocycles. The average molecular weight is 278 g/mol. The Morgan fingerprint density at radius 2 is 2.35 bits per heavy atom. The maximum atomic E-state index is 5.71. The summed E-state index contributed by atoms with van der Waals surface area (Å²) in [5.41, 5.74) is 1.05. The lowest BCUT2D eigenvalue weighted by molar-refractivity contribution is 0.0981. The van der Waals surface area contributed by atoms with Crippen LogP contribution in [0.1, 0.15) is 45.2 Å². The molecule has 20 heavy (non-hydrogen) atoms. The van der Waals surface area contributed by atoms with Crippen LogP contribution in [0, 0.1) is 0 Å². The highest BCUT2D eigenvalue weighted by molar-refractivity contribution is 5.19. The van der Waals surface area contributed by atoms with Gasteiger partial charge in [-0.1, -0.05) is 13.8 Å². The van der Waals surface area contributed by atoms with E-state index in [2.05, 4.69) is 24.1 Å². The second-order valence-corrected chi connectivity index (χ2v) is 5.65. The summed E-state index contributed by atoms with van der Waals surface area (Å²) >= 11 is 0. The van der Waals surface area contributed by atoms with Crippen molar-refractivity contribution in [2.24, 2.45) is 0 Å². The van der Waals surface area contributed by atoms with E-state index in [1.54, 1.807) is 0 Å². The molecule has 1 N–H and O–H groups in total. The van der Waals surface area contributed by atoms with Crippen molar-refractivity contribution in [3.63, 3.8) is 0 Å². The van der Waals surface area contributed by atoms with Crippen molar-refractivity contribution in [3.8, 4) is 5.75 Å². The van der Waals surface area contributed by atoms with Crippen LogP contribution in [0.15, 0.2) is 18.3 Å². The van der Waals surface area contributed by atoms with Gasteiger partial charge in [0.25, 0.3) is 0 Å². The molecule has 1 unspecified atom stereocenters. The van der Waals surface area contributed by atoms with E-state index in [1.165, 1.54) is 12.8 Å². The molecule has 2 rings (SSSR count). The number of aromatic nitrogens is 1. The van der Waals surface area contributed by atoms with Gasteiger partial charge in [0.05, 0.1) is 24.6 Å². The molecule has 1 aromatic heterocycles. The summed E-state index contributed by atoms with van der Waals surface area (Å²) in [5.74, 6) is 0.852. The fourth-order valence-corrected chi connectivity index (χ4v) is 2.28. The number of pyridine rings is 1. The summed E-state index contributed by atoms with van der Waals surface area (Å²) in [7, 11) is 0. The Morgan fingerprint density at radius 3 is 3.00 bits per heavy atom. The van der Waals surface area contributed by atoms with E-state index in [4.69, 9.17) is 9.47 Å². The number of nitrogens with one attached hydrogen (secondary N) is 1. The molecule has 1 aliphatic heterocycles. The van der Waals surface area contributed by atoms with E-state index in [-0.39, 0.29) is 0 Å². The van der Waals surface area contributed by atoms with Gasteiger partial charge in [-0.2, -0.15) is 0 Å². The first-order valence-electron chi connectivity index (χ1n) is 7.67. The maximum absolute atomic E-state index is 5.71. The van der Waals surface area contributed by atoms with Crippen LogP contribution in [0.4, 0.5) is 0 Å². The van der Waals surface area contributed by atoms with Crippen molar-refractivity contribution in [1.29, 1.82) is 0 Å². The molecular formula is C16H26N2O2. The van der Waals surface area contributed by atoms with Gasteiger partial charge in [-0.15, -0.1) is 0 Å². The molecule has 1 aliphatic rings. The minimum absolute atomic E-state index is 0.459. The van der Waals surface area contributed by atoms with Gasteiger partial charge in [0.1, 0.15) is 5.75 Å². The summed E-state index contributed by atoms with van der Waals surface area (Å²) < 4.78 is 11.3. The van der Waals surface area contributed by atoms with Crippen LogP contribution in [0.2, 0.25) is 0 Å². The Kier molecular flexibility index (Phi) is 6.27. The van der Waals surface area contributed by atoms with E-state index in [9.17, 15) is 0 Å². The fourth-order valence-electron chi connectivity index (χ4n) is 2.28. The number of ether oxygens (including phenoxy) is 2. The summed E-state index contributed by atoms with van der Waals surface area (Å²) in [6.07, 6.45) is 6.83. The van der Waals surface area contributed by atoms with E-state index >= 15 is 0 Å². The van der Waals surface area contributed by atoms with Crippen LogP contribution < -0.4 is 10.1 Å². The monoisotopic (exact) mass is 278 g/mol. The van der Waals surface area contributed by atoms with Crippen LogP contribution in [0.25, 0.3) is 0 Å². The average Bonchev–Trinajstić information content (AvgIpc) is 2.96. The lowest BCUT2D eigenvalue weighted by Crippen LogP contribution is -2.22. The van der Waals surface area contributed by atoms with Gasteiger partial charge in [0, 0.05) is 19.2 Å². The zero-order valence-electron chi connectivity index (χ0n) is 12.6. The van der Waals surface area contributed by atoms with Crippen LogP contribution >= 0.6 is 0 Å². The Balaban J connectivity index is 1.62. The molecule has 1 atom stereocenters. The third-order valence-corrected chi connectivity index (χ3v) is 3.45. The van der Waals surface area contributed by atoms with E-state index in [1.807, 2.05) is 18.3 Å². The smallest absolute Gasteiger partial charge is 0.137 e. The standard InChI is InChI=1S/C16H26N2O2/c1-13(2)17-11-14-7-8-16(12-18-14)20-10-4-6-15-5-3-9-19-15/h7-8,12-13,15,17H,3-6,9-11H2,1-2H3. The summed E-state index contributed by atoms with van der Waals surface area (Å²) in [6, 6.07) is 4.49. The third-order valence-electron chi connectivity index (χ3n) is 3.45. The molecular weight excluding hydrogens is 252 g/mol. The quantitative estimate of drug-likeness (QED) is 0.743. The first-order valence-corrected chi connectivity index (χ1v) is 7.67. The minimum atomic E-state index is 0.459. The molecule has 0 spiro atoms. The number of nitrogens with zero attached hydrogens (tertiary/aromatic N) is 1. The lowest BCUT2D eigenvalue weighted by Gasteiger charge is -2.10. The van der Waals surface area contributed by atoms with Crippen molar-refractivity contribution in [1.82, 2.24) is 10.3 Å². The predicted molar refractivity (Wildman–Crippen MR) is 79.9 cm³/mol. The predicted octanol–water partition coefficient (Wildman–Crippen LogP) is 2.92. The molecule has 112 valence electrons. The second kappa shape index (κ2) is 8.22. The molecule has 0 aliphatic carbocycles. The first-order chi connectivity index (χ1) is 9.74. The Hall–Kier alpha value is -1.13. The van der Waals surface area contributed by atoms with Gasteiger partial charge in [-0.3, -0.25) is 4.98 Å². The largest absolute Gasteiger partial charge is 0.492 e. The highest BCUT2D eigenvalue weighted by Gasteiger charge is 2.14. The zero-order chi connectivity index (χ0) is 14.2. The Bertz CT molecular complexity index is 373. The van der Waals surface area contributed by atoms with Crippen molar-refractivity contribution in [2.45, 2.75) is 58.2 Å². The van der Waals surface area contributed by atoms with E-state index < -0.39 is 0 Å². The topological polar surface area (TPSA) is 43.4 Å². The third kappa shape index (κ3) is 5.47. The molecule has 0 bridgehead atoms. The molecule has 2 heterocycles. The molecule has 1 aromatic rings. The normalized spacial score (nSPS) is 18.6. The van der Waals surface area contributed by atoms with Crippen LogP contribution in [-0.4, -0.2) is 30.3 Å². The van der Waals surface area contributed by atoms with Gasteiger partial charge >= 0.3 is 0 Å². The minimum Gasteiger partial charge on any atom is -0.492 e. The molecule has 4 heteroatoms.